The van der Waals surface area contributed by atoms with Gasteiger partial charge in [-0.05, 0) is 30.3 Å². The number of nitrogens with two attached hydrogens (primary N) is 1. The van der Waals surface area contributed by atoms with Gasteiger partial charge in [0.05, 0.1) is 21.7 Å². The third-order valence-electron chi connectivity index (χ3n) is 3.14. The van der Waals surface area contributed by atoms with Crippen LogP contribution in [0.1, 0.15) is 0 Å². The van der Waals surface area contributed by atoms with Gasteiger partial charge in [-0.15, -0.1) is 0 Å². The number of hydrogen-bond acceptors (Lipinski definition) is 2. The van der Waals surface area contributed by atoms with Crippen molar-refractivity contribution in [3.05, 3.63) is 45.9 Å². The number of imidazole rings is 1. The smallest absolute Gasteiger partial charge is 0.143 e. The van der Waals surface area contributed by atoms with E-state index in [1.807, 2.05) is 41.9 Å². The van der Waals surface area contributed by atoms with E-state index < -0.39 is 0 Å². The van der Waals surface area contributed by atoms with Crippen molar-refractivity contribution in [2.75, 3.05) is 5.73 Å². The fraction of sp³-hybridized carbons (Fsp3) is 0.0714. The van der Waals surface area contributed by atoms with Crippen LogP contribution in [0.3, 0.4) is 0 Å². The van der Waals surface area contributed by atoms with Gasteiger partial charge in [0.1, 0.15) is 5.82 Å². The predicted octanol–water partition coefficient (Wildman–Crippen LogP) is 4.24. The molecule has 0 aliphatic heterocycles. The van der Waals surface area contributed by atoms with E-state index in [-0.39, 0.29) is 0 Å². The lowest BCUT2D eigenvalue weighted by Crippen LogP contribution is -1.97. The number of aromatic nitrogens is 2. The highest BCUT2D eigenvalue weighted by molar-refractivity contribution is 9.10. The maximum Gasteiger partial charge on any atom is 0.143 e. The monoisotopic (exact) mass is 335 g/mol. The molecule has 0 amide bonds. The van der Waals surface area contributed by atoms with Crippen molar-refractivity contribution in [3.8, 4) is 11.4 Å². The lowest BCUT2D eigenvalue weighted by molar-refractivity contribution is 0.960. The van der Waals surface area contributed by atoms with Gasteiger partial charge in [-0.3, -0.25) is 0 Å². The molecule has 2 aromatic carbocycles. The molecule has 0 bridgehead atoms. The average Bonchev–Trinajstić information content (AvgIpc) is 2.69. The lowest BCUT2D eigenvalue weighted by atomic mass is 10.1. The van der Waals surface area contributed by atoms with E-state index in [0.29, 0.717) is 10.7 Å². The Bertz CT molecular complexity index is 780. The standard InChI is InChI=1S/C14H11BrClN3/c1-19-12-6-5-8(15)7-11(12)18-14(19)9-3-2-4-10(16)13(9)17/h2-7H,17H2,1H3. The molecular formula is C14H11BrClN3. The summed E-state index contributed by atoms with van der Waals surface area (Å²) in [6, 6.07) is 11.6. The first-order chi connectivity index (χ1) is 9.08. The molecule has 0 atom stereocenters. The van der Waals surface area contributed by atoms with Crippen LogP contribution in [0.5, 0.6) is 0 Å². The molecule has 0 radical (unpaired) electrons. The minimum absolute atomic E-state index is 0.547. The van der Waals surface area contributed by atoms with Crippen LogP contribution >= 0.6 is 27.5 Å². The summed E-state index contributed by atoms with van der Waals surface area (Å²) in [7, 11) is 1.97. The number of anilines is 1. The van der Waals surface area contributed by atoms with Crippen LogP contribution in [-0.4, -0.2) is 9.55 Å². The van der Waals surface area contributed by atoms with Gasteiger partial charge >= 0.3 is 0 Å². The summed E-state index contributed by atoms with van der Waals surface area (Å²) in [5, 5.41) is 0.547. The fourth-order valence-electron chi connectivity index (χ4n) is 2.15. The van der Waals surface area contributed by atoms with Gasteiger partial charge in [-0.2, -0.15) is 0 Å². The van der Waals surface area contributed by atoms with Crippen molar-refractivity contribution in [1.82, 2.24) is 9.55 Å². The van der Waals surface area contributed by atoms with E-state index in [1.54, 1.807) is 6.07 Å². The molecule has 0 aliphatic rings. The number of nitrogens with zero attached hydrogens (tertiary/aromatic N) is 2. The van der Waals surface area contributed by atoms with Crippen molar-refractivity contribution in [2.24, 2.45) is 7.05 Å². The molecular weight excluding hydrogens is 326 g/mol. The van der Waals surface area contributed by atoms with E-state index in [9.17, 15) is 0 Å². The molecule has 0 spiro atoms. The van der Waals surface area contributed by atoms with Crippen molar-refractivity contribution >= 4 is 44.3 Å². The third-order valence-corrected chi connectivity index (χ3v) is 3.96. The number of para-hydroxylation sites is 1. The Morgan fingerprint density at radius 3 is 2.84 bits per heavy atom. The molecule has 3 aromatic rings. The Labute approximate surface area is 124 Å². The molecule has 0 unspecified atom stereocenters. The zero-order valence-electron chi connectivity index (χ0n) is 10.2. The molecule has 3 rings (SSSR count). The second kappa shape index (κ2) is 4.54. The maximum atomic E-state index is 6.07. The number of fused-ring (bicyclic) bond motifs is 1. The molecule has 96 valence electrons. The Morgan fingerprint density at radius 2 is 2.05 bits per heavy atom. The van der Waals surface area contributed by atoms with Crippen molar-refractivity contribution in [1.29, 1.82) is 0 Å². The van der Waals surface area contributed by atoms with Crippen LogP contribution in [0.25, 0.3) is 22.4 Å². The Morgan fingerprint density at radius 1 is 1.26 bits per heavy atom. The quantitative estimate of drug-likeness (QED) is 0.676. The zero-order chi connectivity index (χ0) is 13.6. The van der Waals surface area contributed by atoms with E-state index >= 15 is 0 Å². The first-order valence-electron chi connectivity index (χ1n) is 5.74. The molecule has 1 heterocycles. The Hall–Kier alpha value is -1.52. The summed E-state index contributed by atoms with van der Waals surface area (Å²) >= 11 is 9.52. The van der Waals surface area contributed by atoms with Gasteiger partial charge in [-0.25, -0.2) is 4.98 Å². The number of benzene rings is 2. The molecule has 0 fully saturated rings. The normalized spacial score (nSPS) is 11.1. The van der Waals surface area contributed by atoms with E-state index in [4.69, 9.17) is 17.3 Å². The topological polar surface area (TPSA) is 43.8 Å². The van der Waals surface area contributed by atoms with Crippen LogP contribution in [0.4, 0.5) is 5.69 Å². The highest BCUT2D eigenvalue weighted by Gasteiger charge is 2.13. The Balaban J connectivity index is 2.31. The van der Waals surface area contributed by atoms with Crippen LogP contribution in [0.15, 0.2) is 40.9 Å². The number of halogens is 2. The van der Waals surface area contributed by atoms with Crippen LogP contribution in [0, 0.1) is 0 Å². The second-order valence-electron chi connectivity index (χ2n) is 4.33. The molecule has 19 heavy (non-hydrogen) atoms. The molecule has 0 saturated heterocycles. The summed E-state index contributed by atoms with van der Waals surface area (Å²) in [5.41, 5.74) is 9.42. The van der Waals surface area contributed by atoms with E-state index in [1.165, 1.54) is 0 Å². The average molecular weight is 337 g/mol. The third kappa shape index (κ3) is 2.01. The first kappa shape index (κ1) is 12.5. The van der Waals surface area contributed by atoms with Crippen molar-refractivity contribution < 1.29 is 0 Å². The van der Waals surface area contributed by atoms with Gasteiger partial charge < -0.3 is 10.3 Å². The zero-order valence-corrected chi connectivity index (χ0v) is 12.5. The molecule has 0 aliphatic carbocycles. The van der Waals surface area contributed by atoms with Gasteiger partial charge in [0.2, 0.25) is 0 Å². The SMILES string of the molecule is Cn1c(-c2cccc(Cl)c2N)nc2cc(Br)ccc21. The summed E-state index contributed by atoms with van der Waals surface area (Å²) in [6.07, 6.45) is 0. The predicted molar refractivity (Wildman–Crippen MR) is 83.3 cm³/mol. The lowest BCUT2D eigenvalue weighted by Gasteiger charge is -2.07. The fourth-order valence-corrected chi connectivity index (χ4v) is 2.67. The van der Waals surface area contributed by atoms with Gasteiger partial charge in [0.25, 0.3) is 0 Å². The Kier molecular flexibility index (Phi) is 2.99. The largest absolute Gasteiger partial charge is 0.397 e. The number of nitrogen functional groups attached to an aromatic ring is 1. The van der Waals surface area contributed by atoms with Gasteiger partial charge in [0, 0.05) is 17.1 Å². The minimum Gasteiger partial charge on any atom is -0.397 e. The second-order valence-corrected chi connectivity index (χ2v) is 5.65. The molecule has 0 saturated carbocycles. The highest BCUT2D eigenvalue weighted by Crippen LogP contribution is 2.32. The van der Waals surface area contributed by atoms with Crippen LogP contribution < -0.4 is 5.73 Å². The number of rotatable bonds is 1. The maximum absolute atomic E-state index is 6.07. The molecule has 5 heteroatoms. The van der Waals surface area contributed by atoms with Crippen molar-refractivity contribution in [3.63, 3.8) is 0 Å². The summed E-state index contributed by atoms with van der Waals surface area (Å²) in [4.78, 5) is 4.64. The number of hydrogen-bond donors (Lipinski definition) is 1. The highest BCUT2D eigenvalue weighted by atomic mass is 79.9. The minimum atomic E-state index is 0.547. The van der Waals surface area contributed by atoms with Gasteiger partial charge in [-0.1, -0.05) is 33.6 Å². The molecule has 1 aromatic heterocycles. The van der Waals surface area contributed by atoms with Crippen LogP contribution in [-0.2, 0) is 7.05 Å². The van der Waals surface area contributed by atoms with Gasteiger partial charge in [0.15, 0.2) is 0 Å². The summed E-state index contributed by atoms with van der Waals surface area (Å²) in [6.45, 7) is 0. The van der Waals surface area contributed by atoms with E-state index in [0.717, 1.165) is 26.9 Å². The molecule has 3 nitrogen and oxygen atoms in total. The summed E-state index contributed by atoms with van der Waals surface area (Å²) < 4.78 is 3.02. The first-order valence-corrected chi connectivity index (χ1v) is 6.91. The van der Waals surface area contributed by atoms with Crippen LogP contribution in [0.2, 0.25) is 5.02 Å². The van der Waals surface area contributed by atoms with Crippen molar-refractivity contribution in [2.45, 2.75) is 0 Å². The summed E-state index contributed by atoms with van der Waals surface area (Å²) in [5.74, 6) is 0.813. The number of aryl methyl sites for hydroxylation is 1. The molecule has 2 N–H and O–H groups in total. The van der Waals surface area contributed by atoms with E-state index in [2.05, 4.69) is 20.9 Å².